The molecule has 3 heteroatoms. The van der Waals surface area contributed by atoms with E-state index in [1.165, 1.54) is 0 Å². The molecule has 0 spiro atoms. The summed E-state index contributed by atoms with van der Waals surface area (Å²) in [5.74, 6) is 1.37. The summed E-state index contributed by atoms with van der Waals surface area (Å²) in [5, 5.41) is 4.91. The van der Waals surface area contributed by atoms with Crippen LogP contribution in [0.15, 0.2) is 22.6 Å². The van der Waals surface area contributed by atoms with Crippen molar-refractivity contribution in [2.75, 3.05) is 7.05 Å². The lowest BCUT2D eigenvalue weighted by Crippen LogP contribution is -2.05. The average Bonchev–Trinajstić information content (AvgIpc) is 2.67. The molecule has 0 saturated carbocycles. The predicted molar refractivity (Wildman–Crippen MR) is 68.1 cm³/mol. The number of hydrogen-bond acceptors (Lipinski definition) is 2. The molecule has 2 nitrogen and oxygen atoms in total. The Morgan fingerprint density at radius 2 is 2.12 bits per heavy atom. The van der Waals surface area contributed by atoms with E-state index in [2.05, 4.69) is 19.2 Å². The highest BCUT2D eigenvalue weighted by Crippen LogP contribution is 2.32. The Morgan fingerprint density at radius 1 is 1.38 bits per heavy atom. The Bertz CT molecular complexity index is 502. The Labute approximate surface area is 101 Å². The Hall–Kier alpha value is -0.990. The van der Waals surface area contributed by atoms with Crippen molar-refractivity contribution < 1.29 is 4.42 Å². The first-order valence-electron chi connectivity index (χ1n) is 5.49. The van der Waals surface area contributed by atoms with Gasteiger partial charge in [0.2, 0.25) is 0 Å². The molecule has 0 bridgehead atoms. The van der Waals surface area contributed by atoms with Crippen molar-refractivity contribution >= 4 is 22.6 Å². The Kier molecular flexibility index (Phi) is 3.22. The summed E-state index contributed by atoms with van der Waals surface area (Å²) < 4.78 is 5.74. The smallest absolute Gasteiger partial charge is 0.135 e. The van der Waals surface area contributed by atoms with Crippen molar-refractivity contribution in [2.24, 2.45) is 0 Å². The molecule has 0 saturated heterocycles. The van der Waals surface area contributed by atoms with E-state index in [-0.39, 0.29) is 0 Å². The highest BCUT2D eigenvalue weighted by Gasteiger charge is 2.12. The van der Waals surface area contributed by atoms with Crippen LogP contribution in [-0.4, -0.2) is 7.05 Å². The van der Waals surface area contributed by atoms with Gasteiger partial charge >= 0.3 is 0 Å². The number of furan rings is 1. The molecule has 0 atom stereocenters. The van der Waals surface area contributed by atoms with Crippen LogP contribution in [0.1, 0.15) is 31.1 Å². The third-order valence-corrected chi connectivity index (χ3v) is 3.12. The van der Waals surface area contributed by atoms with Crippen LogP contribution in [-0.2, 0) is 6.54 Å². The van der Waals surface area contributed by atoms with Gasteiger partial charge in [-0.1, -0.05) is 31.5 Å². The summed E-state index contributed by atoms with van der Waals surface area (Å²) in [6, 6.07) is 6.04. The zero-order valence-corrected chi connectivity index (χ0v) is 10.6. The molecule has 2 aromatic rings. The fourth-order valence-corrected chi connectivity index (χ4v) is 2.03. The molecule has 0 radical (unpaired) electrons. The van der Waals surface area contributed by atoms with Crippen LogP contribution in [0, 0.1) is 0 Å². The lowest BCUT2D eigenvalue weighted by Gasteiger charge is -2.02. The highest BCUT2D eigenvalue weighted by molar-refractivity contribution is 6.36. The van der Waals surface area contributed by atoms with E-state index in [4.69, 9.17) is 16.0 Å². The number of halogens is 1. The summed E-state index contributed by atoms with van der Waals surface area (Å²) in [7, 11) is 1.91. The largest absolute Gasteiger partial charge is 0.461 e. The van der Waals surface area contributed by atoms with Crippen molar-refractivity contribution in [1.82, 2.24) is 5.32 Å². The number of hydrogen-bond donors (Lipinski definition) is 1. The van der Waals surface area contributed by atoms with Crippen LogP contribution >= 0.6 is 11.6 Å². The molecular weight excluding hydrogens is 222 g/mol. The monoisotopic (exact) mass is 237 g/mol. The molecule has 0 aliphatic carbocycles. The van der Waals surface area contributed by atoms with E-state index in [1.807, 2.05) is 25.2 Å². The minimum Gasteiger partial charge on any atom is -0.461 e. The molecule has 86 valence electrons. The predicted octanol–water partition coefficient (Wildman–Crippen LogP) is 3.93. The first-order chi connectivity index (χ1) is 7.63. The van der Waals surface area contributed by atoms with Crippen LogP contribution in [0.2, 0.25) is 5.02 Å². The molecule has 1 aromatic heterocycles. The summed E-state index contributed by atoms with van der Waals surface area (Å²) in [6.45, 7) is 5.00. The molecular formula is C13H16ClNO. The van der Waals surface area contributed by atoms with Gasteiger partial charge in [0.15, 0.2) is 0 Å². The van der Waals surface area contributed by atoms with Crippen molar-refractivity contribution in [2.45, 2.75) is 26.3 Å². The zero-order valence-electron chi connectivity index (χ0n) is 9.80. The van der Waals surface area contributed by atoms with Gasteiger partial charge in [-0.3, -0.25) is 0 Å². The van der Waals surface area contributed by atoms with Crippen LogP contribution in [0.5, 0.6) is 0 Å². The van der Waals surface area contributed by atoms with Crippen molar-refractivity contribution in [3.05, 3.63) is 34.5 Å². The quantitative estimate of drug-likeness (QED) is 0.875. The second kappa shape index (κ2) is 4.48. The van der Waals surface area contributed by atoms with E-state index >= 15 is 0 Å². The van der Waals surface area contributed by atoms with E-state index in [9.17, 15) is 0 Å². The van der Waals surface area contributed by atoms with Crippen molar-refractivity contribution in [3.8, 4) is 0 Å². The third kappa shape index (κ3) is 1.95. The van der Waals surface area contributed by atoms with Crippen LogP contribution < -0.4 is 5.32 Å². The molecule has 0 fully saturated rings. The second-order valence-electron chi connectivity index (χ2n) is 4.28. The van der Waals surface area contributed by atoms with Gasteiger partial charge in [0, 0.05) is 17.8 Å². The number of benzene rings is 1. The van der Waals surface area contributed by atoms with Gasteiger partial charge < -0.3 is 9.73 Å². The van der Waals surface area contributed by atoms with E-state index in [0.29, 0.717) is 5.92 Å². The topological polar surface area (TPSA) is 25.2 Å². The minimum absolute atomic E-state index is 0.385. The number of rotatable bonds is 3. The van der Waals surface area contributed by atoms with E-state index < -0.39 is 0 Å². The Balaban J connectivity index is 2.55. The number of nitrogens with one attached hydrogen (secondary N) is 1. The molecule has 2 rings (SSSR count). The SMILES string of the molecule is CNCc1ccc2oc(C(C)C)cc2c1Cl. The molecule has 1 aromatic carbocycles. The average molecular weight is 238 g/mol. The molecule has 1 heterocycles. The van der Waals surface area contributed by atoms with Crippen LogP contribution in [0.3, 0.4) is 0 Å². The van der Waals surface area contributed by atoms with Crippen LogP contribution in [0.4, 0.5) is 0 Å². The van der Waals surface area contributed by atoms with Gasteiger partial charge in [0.05, 0.1) is 5.02 Å². The lowest BCUT2D eigenvalue weighted by molar-refractivity contribution is 0.521. The maximum atomic E-state index is 6.34. The van der Waals surface area contributed by atoms with Gasteiger partial charge in [0.1, 0.15) is 11.3 Å². The summed E-state index contributed by atoms with van der Waals surface area (Å²) in [5.41, 5.74) is 1.97. The van der Waals surface area contributed by atoms with Gasteiger partial charge in [-0.25, -0.2) is 0 Å². The third-order valence-electron chi connectivity index (χ3n) is 2.67. The van der Waals surface area contributed by atoms with Gasteiger partial charge in [-0.05, 0) is 24.7 Å². The molecule has 0 aliphatic heterocycles. The van der Waals surface area contributed by atoms with Gasteiger partial charge in [-0.15, -0.1) is 0 Å². The standard InChI is InChI=1S/C13H16ClNO/c1-8(2)12-6-10-11(16-12)5-4-9(7-15-3)13(10)14/h4-6,8,15H,7H2,1-3H3. The maximum Gasteiger partial charge on any atom is 0.135 e. The highest BCUT2D eigenvalue weighted by atomic mass is 35.5. The summed E-state index contributed by atoms with van der Waals surface area (Å²) in [4.78, 5) is 0. The molecule has 0 amide bonds. The zero-order chi connectivity index (χ0) is 11.7. The number of fused-ring (bicyclic) bond motifs is 1. The van der Waals surface area contributed by atoms with Gasteiger partial charge in [0.25, 0.3) is 0 Å². The molecule has 1 N–H and O–H groups in total. The molecule has 16 heavy (non-hydrogen) atoms. The van der Waals surface area contributed by atoms with Crippen molar-refractivity contribution in [1.29, 1.82) is 0 Å². The minimum atomic E-state index is 0.385. The fraction of sp³-hybridized carbons (Fsp3) is 0.385. The summed E-state index contributed by atoms with van der Waals surface area (Å²) >= 11 is 6.34. The first kappa shape index (κ1) is 11.5. The van der Waals surface area contributed by atoms with E-state index in [1.54, 1.807) is 0 Å². The molecule has 0 unspecified atom stereocenters. The van der Waals surface area contributed by atoms with Crippen molar-refractivity contribution in [3.63, 3.8) is 0 Å². The maximum absolute atomic E-state index is 6.34. The fourth-order valence-electron chi connectivity index (χ4n) is 1.75. The summed E-state index contributed by atoms with van der Waals surface area (Å²) in [6.07, 6.45) is 0. The van der Waals surface area contributed by atoms with E-state index in [0.717, 1.165) is 33.9 Å². The second-order valence-corrected chi connectivity index (χ2v) is 4.66. The Morgan fingerprint density at radius 3 is 2.75 bits per heavy atom. The van der Waals surface area contributed by atoms with Gasteiger partial charge in [-0.2, -0.15) is 0 Å². The normalized spacial score (nSPS) is 11.6. The first-order valence-corrected chi connectivity index (χ1v) is 5.86. The van der Waals surface area contributed by atoms with Crippen LogP contribution in [0.25, 0.3) is 11.0 Å². The molecule has 0 aliphatic rings. The lowest BCUT2D eigenvalue weighted by atomic mass is 10.1.